The summed E-state index contributed by atoms with van der Waals surface area (Å²) in [6.45, 7) is 1.60. The molecular formula is C16H15BrN4O2S. The lowest BCUT2D eigenvalue weighted by atomic mass is 10.2. The van der Waals surface area contributed by atoms with Gasteiger partial charge in [0.25, 0.3) is 5.91 Å². The Kier molecular flexibility index (Phi) is 4.15. The highest BCUT2D eigenvalue weighted by Crippen LogP contribution is 2.27. The maximum atomic E-state index is 12.2. The molecule has 124 valence electrons. The Hall–Kier alpha value is -2.06. The Labute approximate surface area is 151 Å². The third kappa shape index (κ3) is 3.11. The lowest BCUT2D eigenvalue weighted by molar-refractivity contribution is 0.0911. The van der Waals surface area contributed by atoms with Gasteiger partial charge in [-0.1, -0.05) is 6.07 Å². The number of aromatic amines is 1. The van der Waals surface area contributed by atoms with E-state index in [0.717, 1.165) is 31.0 Å². The molecule has 1 fully saturated rings. The van der Waals surface area contributed by atoms with Crippen LogP contribution in [-0.2, 0) is 0 Å². The number of nitrogens with one attached hydrogen (secondary N) is 2. The van der Waals surface area contributed by atoms with E-state index in [4.69, 9.17) is 4.42 Å². The molecule has 6 nitrogen and oxygen atoms in total. The Morgan fingerprint density at radius 3 is 3.12 bits per heavy atom. The van der Waals surface area contributed by atoms with Crippen LogP contribution >= 0.6 is 27.3 Å². The number of hydrogen-bond donors (Lipinski definition) is 2. The van der Waals surface area contributed by atoms with Gasteiger partial charge in [-0.05, 0) is 45.9 Å². The fourth-order valence-electron chi connectivity index (χ4n) is 2.81. The lowest BCUT2D eigenvalue weighted by Gasteiger charge is -2.15. The smallest absolute Gasteiger partial charge is 0.287 e. The van der Waals surface area contributed by atoms with Crippen molar-refractivity contribution in [1.29, 1.82) is 0 Å². The van der Waals surface area contributed by atoms with E-state index < -0.39 is 0 Å². The normalized spacial score (nSPS) is 17.4. The standard InChI is InChI=1S/C16H15BrN4O2S/c17-14-4-3-12(23-14)16(22)18-10-5-6-21(9-10)15-8-11(19-20-15)13-2-1-7-24-13/h1-4,7-8,10H,5-6,9H2,(H,18,22)(H,19,20)/t10-/m1/s1. The number of thiophene rings is 1. The Morgan fingerprint density at radius 1 is 1.46 bits per heavy atom. The zero-order chi connectivity index (χ0) is 16.5. The molecule has 4 rings (SSSR count). The molecule has 3 aromatic heterocycles. The van der Waals surface area contributed by atoms with Crippen LogP contribution in [0.3, 0.4) is 0 Å². The van der Waals surface area contributed by atoms with E-state index in [1.807, 2.05) is 11.4 Å². The molecular weight excluding hydrogens is 392 g/mol. The van der Waals surface area contributed by atoms with Crippen molar-refractivity contribution in [1.82, 2.24) is 15.5 Å². The summed E-state index contributed by atoms with van der Waals surface area (Å²) in [6, 6.07) is 9.60. The second-order valence-electron chi connectivity index (χ2n) is 5.63. The molecule has 0 saturated carbocycles. The summed E-state index contributed by atoms with van der Waals surface area (Å²) in [5.41, 5.74) is 1.02. The number of amides is 1. The topological polar surface area (TPSA) is 74.2 Å². The third-order valence-electron chi connectivity index (χ3n) is 4.00. The molecule has 2 N–H and O–H groups in total. The van der Waals surface area contributed by atoms with Crippen molar-refractivity contribution in [2.75, 3.05) is 18.0 Å². The second-order valence-corrected chi connectivity index (χ2v) is 7.36. The van der Waals surface area contributed by atoms with E-state index in [9.17, 15) is 4.79 Å². The van der Waals surface area contributed by atoms with Gasteiger partial charge in [0.2, 0.25) is 0 Å². The molecule has 0 unspecified atom stereocenters. The molecule has 1 amide bonds. The zero-order valence-electron chi connectivity index (χ0n) is 12.7. The van der Waals surface area contributed by atoms with Crippen LogP contribution in [0.4, 0.5) is 5.82 Å². The maximum absolute atomic E-state index is 12.2. The van der Waals surface area contributed by atoms with Gasteiger partial charge < -0.3 is 14.6 Å². The average Bonchev–Trinajstić information content (AvgIpc) is 3.34. The number of carbonyl (C=O) groups is 1. The summed E-state index contributed by atoms with van der Waals surface area (Å²) < 4.78 is 5.84. The minimum atomic E-state index is -0.186. The first-order valence-electron chi connectivity index (χ1n) is 7.59. The van der Waals surface area contributed by atoms with Crippen LogP contribution in [0.2, 0.25) is 0 Å². The van der Waals surface area contributed by atoms with Gasteiger partial charge in [0, 0.05) is 25.2 Å². The third-order valence-corrected chi connectivity index (χ3v) is 5.32. The monoisotopic (exact) mass is 406 g/mol. The summed E-state index contributed by atoms with van der Waals surface area (Å²) in [5, 5.41) is 12.5. The highest BCUT2D eigenvalue weighted by atomic mass is 79.9. The summed E-state index contributed by atoms with van der Waals surface area (Å²) in [6.07, 6.45) is 0.884. The number of halogens is 1. The number of anilines is 1. The van der Waals surface area contributed by atoms with E-state index in [0.29, 0.717) is 10.4 Å². The first kappa shape index (κ1) is 15.5. The van der Waals surface area contributed by atoms with Gasteiger partial charge in [-0.25, -0.2) is 0 Å². The van der Waals surface area contributed by atoms with Gasteiger partial charge in [-0.2, -0.15) is 5.10 Å². The van der Waals surface area contributed by atoms with Crippen LogP contribution in [0.5, 0.6) is 0 Å². The average molecular weight is 407 g/mol. The molecule has 0 aromatic carbocycles. The molecule has 1 saturated heterocycles. The largest absolute Gasteiger partial charge is 0.444 e. The van der Waals surface area contributed by atoms with Gasteiger partial charge in [0.15, 0.2) is 16.2 Å². The number of aromatic nitrogens is 2. The van der Waals surface area contributed by atoms with Gasteiger partial charge in [0.1, 0.15) is 0 Å². The highest BCUT2D eigenvalue weighted by Gasteiger charge is 2.26. The van der Waals surface area contributed by atoms with E-state index in [1.165, 1.54) is 4.88 Å². The first-order valence-corrected chi connectivity index (χ1v) is 9.27. The SMILES string of the molecule is O=C(N[C@@H]1CCN(c2cc(-c3cccs3)[nH]n2)C1)c1ccc(Br)o1. The van der Waals surface area contributed by atoms with Gasteiger partial charge in [0.05, 0.1) is 10.6 Å². The molecule has 0 bridgehead atoms. The molecule has 0 spiro atoms. The minimum absolute atomic E-state index is 0.0864. The number of carbonyl (C=O) groups excluding carboxylic acids is 1. The predicted octanol–water partition coefficient (Wildman–Crippen LogP) is 3.50. The summed E-state index contributed by atoms with van der Waals surface area (Å²) in [4.78, 5) is 15.5. The molecule has 0 aliphatic carbocycles. The summed E-state index contributed by atoms with van der Waals surface area (Å²) in [7, 11) is 0. The second kappa shape index (κ2) is 6.45. The Balaban J connectivity index is 1.39. The zero-order valence-corrected chi connectivity index (χ0v) is 15.1. The van der Waals surface area contributed by atoms with Crippen LogP contribution in [-0.4, -0.2) is 35.2 Å². The molecule has 1 atom stereocenters. The number of H-pyrrole nitrogens is 1. The number of furan rings is 1. The highest BCUT2D eigenvalue weighted by molar-refractivity contribution is 9.10. The Bertz CT molecular complexity index is 842. The lowest BCUT2D eigenvalue weighted by Crippen LogP contribution is -2.37. The molecule has 0 radical (unpaired) electrons. The van der Waals surface area contributed by atoms with E-state index >= 15 is 0 Å². The van der Waals surface area contributed by atoms with Crippen LogP contribution in [0.1, 0.15) is 17.0 Å². The minimum Gasteiger partial charge on any atom is -0.444 e. The summed E-state index contributed by atoms with van der Waals surface area (Å²) >= 11 is 4.89. The predicted molar refractivity (Wildman–Crippen MR) is 96.4 cm³/mol. The fourth-order valence-corrected chi connectivity index (χ4v) is 3.81. The number of rotatable bonds is 4. The van der Waals surface area contributed by atoms with Crippen molar-refractivity contribution < 1.29 is 9.21 Å². The van der Waals surface area contributed by atoms with E-state index in [2.05, 4.69) is 48.5 Å². The maximum Gasteiger partial charge on any atom is 0.287 e. The van der Waals surface area contributed by atoms with Crippen molar-refractivity contribution in [3.05, 3.63) is 46.1 Å². The van der Waals surface area contributed by atoms with E-state index in [-0.39, 0.29) is 11.9 Å². The molecule has 1 aliphatic heterocycles. The number of nitrogens with zero attached hydrogens (tertiary/aromatic N) is 2. The van der Waals surface area contributed by atoms with Crippen LogP contribution in [0, 0.1) is 0 Å². The van der Waals surface area contributed by atoms with E-state index in [1.54, 1.807) is 23.5 Å². The summed E-state index contributed by atoms with van der Waals surface area (Å²) in [5.74, 6) is 1.05. The van der Waals surface area contributed by atoms with Gasteiger partial charge in [-0.3, -0.25) is 9.89 Å². The van der Waals surface area contributed by atoms with Crippen molar-refractivity contribution >= 4 is 39.0 Å². The van der Waals surface area contributed by atoms with Gasteiger partial charge >= 0.3 is 0 Å². The van der Waals surface area contributed by atoms with Crippen molar-refractivity contribution in [2.24, 2.45) is 0 Å². The molecule has 8 heteroatoms. The van der Waals surface area contributed by atoms with Crippen molar-refractivity contribution in [3.8, 4) is 10.6 Å². The molecule has 3 aromatic rings. The quantitative estimate of drug-likeness (QED) is 0.694. The van der Waals surface area contributed by atoms with Crippen LogP contribution < -0.4 is 10.2 Å². The van der Waals surface area contributed by atoms with Crippen LogP contribution in [0.15, 0.2) is 44.8 Å². The Morgan fingerprint density at radius 2 is 2.38 bits per heavy atom. The molecule has 1 aliphatic rings. The van der Waals surface area contributed by atoms with Crippen molar-refractivity contribution in [2.45, 2.75) is 12.5 Å². The molecule has 24 heavy (non-hydrogen) atoms. The van der Waals surface area contributed by atoms with Gasteiger partial charge in [-0.15, -0.1) is 11.3 Å². The van der Waals surface area contributed by atoms with Crippen molar-refractivity contribution in [3.63, 3.8) is 0 Å². The number of hydrogen-bond acceptors (Lipinski definition) is 5. The van der Waals surface area contributed by atoms with Crippen LogP contribution in [0.25, 0.3) is 10.6 Å². The molecule has 4 heterocycles. The first-order chi connectivity index (χ1) is 11.7. The fraction of sp³-hybridized carbons (Fsp3) is 0.250.